The fraction of sp³-hybridized carbons (Fsp3) is 0.822. The van der Waals surface area contributed by atoms with Crippen LogP contribution < -0.4 is 0 Å². The SMILES string of the molecule is CCCCCCC/C=C\C/C=C\C/C=C\CCCCCCCCC(=O)OC(COC(=O)CCCCCCC)COC(=O)CCCCCCCCCCCCCCCCCCCCCCCCC/C=C\C/C=C\CCCCCCC. The molecule has 79 heavy (non-hydrogen) atoms. The third-order valence-electron chi connectivity index (χ3n) is 15.5. The number of carbonyl (C=O) groups excluding carboxylic acids is 3. The van der Waals surface area contributed by atoms with Gasteiger partial charge in [0.1, 0.15) is 13.2 Å². The summed E-state index contributed by atoms with van der Waals surface area (Å²) in [6.07, 6.45) is 87.4. The van der Waals surface area contributed by atoms with Crippen molar-refractivity contribution in [3.63, 3.8) is 0 Å². The van der Waals surface area contributed by atoms with Crippen LogP contribution in [0.2, 0.25) is 0 Å². The number of rotatable bonds is 64. The van der Waals surface area contributed by atoms with E-state index in [1.807, 2.05) is 0 Å². The molecule has 0 aliphatic heterocycles. The van der Waals surface area contributed by atoms with Crippen LogP contribution in [0.3, 0.4) is 0 Å². The van der Waals surface area contributed by atoms with Crippen LogP contribution in [0, 0.1) is 0 Å². The third-order valence-corrected chi connectivity index (χ3v) is 15.5. The van der Waals surface area contributed by atoms with Crippen molar-refractivity contribution in [2.75, 3.05) is 13.2 Å². The summed E-state index contributed by atoms with van der Waals surface area (Å²) in [6.45, 7) is 6.57. The molecule has 0 aromatic heterocycles. The first kappa shape index (κ1) is 76.1. The molecule has 6 nitrogen and oxygen atoms in total. The predicted octanol–water partition coefficient (Wildman–Crippen LogP) is 23.9. The van der Waals surface area contributed by atoms with Gasteiger partial charge in [-0.15, -0.1) is 0 Å². The van der Waals surface area contributed by atoms with Gasteiger partial charge in [-0.25, -0.2) is 0 Å². The topological polar surface area (TPSA) is 78.9 Å². The number of ether oxygens (including phenoxy) is 3. The third kappa shape index (κ3) is 65.8. The number of hydrogen-bond donors (Lipinski definition) is 0. The molecule has 0 spiro atoms. The molecule has 0 saturated heterocycles. The van der Waals surface area contributed by atoms with E-state index in [1.54, 1.807) is 0 Å². The smallest absolute Gasteiger partial charge is 0.306 e. The maximum atomic E-state index is 12.8. The molecule has 0 N–H and O–H groups in total. The predicted molar refractivity (Wildman–Crippen MR) is 344 cm³/mol. The van der Waals surface area contributed by atoms with Gasteiger partial charge in [0.2, 0.25) is 0 Å². The standard InChI is InChI=1S/C73H132O6/c1-4-7-10-13-15-17-19-21-23-25-27-29-30-31-32-33-34-35-36-37-38-39-40-41-42-44-45-47-49-51-53-55-57-60-63-66-72(75)78-69-70(68-77-71(74)65-62-59-12-9-6-3)79-73(76)67-64-61-58-56-54-52-50-48-46-43-28-26-24-22-20-18-16-14-11-8-5-2/h19-22,25-28,46,48,70H,4-18,23-24,29-45,47,49-69H2,1-3H3/b21-19-,22-20-,27-25-,28-26-,48-46-. The Kier molecular flexibility index (Phi) is 65.1. The quantitative estimate of drug-likeness (QED) is 0.0261. The Bertz CT molecular complexity index is 1410. The summed E-state index contributed by atoms with van der Waals surface area (Å²) in [7, 11) is 0. The van der Waals surface area contributed by atoms with Gasteiger partial charge in [0, 0.05) is 19.3 Å². The van der Waals surface area contributed by atoms with Crippen LogP contribution >= 0.6 is 0 Å². The molecule has 0 radical (unpaired) electrons. The van der Waals surface area contributed by atoms with Crippen molar-refractivity contribution >= 4 is 17.9 Å². The normalized spacial score (nSPS) is 12.4. The highest BCUT2D eigenvalue weighted by Crippen LogP contribution is 2.18. The number of hydrogen-bond acceptors (Lipinski definition) is 6. The fourth-order valence-electron chi connectivity index (χ4n) is 10.2. The van der Waals surface area contributed by atoms with Crippen molar-refractivity contribution in [2.24, 2.45) is 0 Å². The van der Waals surface area contributed by atoms with Gasteiger partial charge in [-0.05, 0) is 89.9 Å². The lowest BCUT2D eigenvalue weighted by molar-refractivity contribution is -0.167. The molecule has 0 fully saturated rings. The maximum absolute atomic E-state index is 12.8. The Morgan fingerprint density at radius 1 is 0.253 bits per heavy atom. The molecule has 0 amide bonds. The summed E-state index contributed by atoms with van der Waals surface area (Å²) in [5.74, 6) is -0.885. The molecule has 0 heterocycles. The molecule has 6 heteroatoms. The second-order valence-corrected chi connectivity index (χ2v) is 23.4. The highest BCUT2D eigenvalue weighted by atomic mass is 16.6. The Morgan fingerprint density at radius 2 is 0.456 bits per heavy atom. The minimum atomic E-state index is -0.776. The largest absolute Gasteiger partial charge is 0.462 e. The Labute approximate surface area is 491 Å². The molecular formula is C73H132O6. The van der Waals surface area contributed by atoms with Crippen LogP contribution in [0.1, 0.15) is 367 Å². The van der Waals surface area contributed by atoms with Crippen LogP contribution in [0.4, 0.5) is 0 Å². The second-order valence-electron chi connectivity index (χ2n) is 23.4. The van der Waals surface area contributed by atoms with Crippen molar-refractivity contribution in [1.29, 1.82) is 0 Å². The zero-order valence-electron chi connectivity index (χ0n) is 52.9. The van der Waals surface area contributed by atoms with Gasteiger partial charge in [-0.3, -0.25) is 14.4 Å². The highest BCUT2D eigenvalue weighted by Gasteiger charge is 2.19. The van der Waals surface area contributed by atoms with Crippen LogP contribution in [0.5, 0.6) is 0 Å². The highest BCUT2D eigenvalue weighted by molar-refractivity contribution is 5.71. The summed E-state index contributed by atoms with van der Waals surface area (Å²) in [5.41, 5.74) is 0. The molecule has 0 saturated carbocycles. The van der Waals surface area contributed by atoms with Crippen molar-refractivity contribution in [1.82, 2.24) is 0 Å². The minimum absolute atomic E-state index is 0.0761. The van der Waals surface area contributed by atoms with Crippen molar-refractivity contribution in [3.8, 4) is 0 Å². The van der Waals surface area contributed by atoms with Gasteiger partial charge < -0.3 is 14.2 Å². The van der Waals surface area contributed by atoms with E-state index in [0.29, 0.717) is 19.3 Å². The first-order chi connectivity index (χ1) is 39.0. The molecule has 1 unspecified atom stereocenters. The second kappa shape index (κ2) is 67.6. The first-order valence-corrected chi connectivity index (χ1v) is 34.8. The van der Waals surface area contributed by atoms with E-state index in [2.05, 4.69) is 81.5 Å². The molecular weight excluding hydrogens is 973 g/mol. The van der Waals surface area contributed by atoms with Crippen LogP contribution in [-0.2, 0) is 28.6 Å². The summed E-state index contributed by atoms with van der Waals surface area (Å²) >= 11 is 0. The van der Waals surface area contributed by atoms with Crippen LogP contribution in [0.25, 0.3) is 0 Å². The lowest BCUT2D eigenvalue weighted by Gasteiger charge is -2.18. The van der Waals surface area contributed by atoms with E-state index in [4.69, 9.17) is 14.2 Å². The Morgan fingerprint density at radius 3 is 0.709 bits per heavy atom. The van der Waals surface area contributed by atoms with E-state index in [1.165, 1.54) is 238 Å². The average Bonchev–Trinajstić information content (AvgIpc) is 3.45. The monoisotopic (exact) mass is 1110 g/mol. The zero-order chi connectivity index (χ0) is 57.1. The summed E-state index contributed by atoms with van der Waals surface area (Å²) in [4.78, 5) is 38.0. The first-order valence-electron chi connectivity index (χ1n) is 34.8. The van der Waals surface area contributed by atoms with E-state index in [0.717, 1.165) is 89.9 Å². The number of esters is 3. The van der Waals surface area contributed by atoms with E-state index in [9.17, 15) is 14.4 Å². The molecule has 1 atom stereocenters. The molecule has 460 valence electrons. The summed E-state index contributed by atoms with van der Waals surface area (Å²) < 4.78 is 16.8. The van der Waals surface area contributed by atoms with Crippen molar-refractivity contribution in [3.05, 3.63) is 60.8 Å². The summed E-state index contributed by atoms with van der Waals surface area (Å²) in [6, 6.07) is 0. The average molecular weight is 1110 g/mol. The van der Waals surface area contributed by atoms with E-state index in [-0.39, 0.29) is 31.1 Å². The lowest BCUT2D eigenvalue weighted by Crippen LogP contribution is -2.30. The molecule has 0 rings (SSSR count). The molecule has 0 aliphatic carbocycles. The molecule has 0 aliphatic rings. The van der Waals surface area contributed by atoms with Crippen molar-refractivity contribution in [2.45, 2.75) is 374 Å². The Hall–Kier alpha value is -2.89. The Balaban J connectivity index is 3.91. The van der Waals surface area contributed by atoms with Gasteiger partial charge >= 0.3 is 17.9 Å². The van der Waals surface area contributed by atoms with Gasteiger partial charge in [-0.2, -0.15) is 0 Å². The van der Waals surface area contributed by atoms with Crippen molar-refractivity contribution < 1.29 is 28.6 Å². The van der Waals surface area contributed by atoms with Crippen LogP contribution in [-0.4, -0.2) is 37.2 Å². The number of allylic oxidation sites excluding steroid dienone is 10. The van der Waals surface area contributed by atoms with E-state index >= 15 is 0 Å². The molecule has 0 aromatic carbocycles. The van der Waals surface area contributed by atoms with Crippen LogP contribution in [0.15, 0.2) is 60.8 Å². The number of carbonyl (C=O) groups is 3. The summed E-state index contributed by atoms with van der Waals surface area (Å²) in [5, 5.41) is 0. The number of unbranched alkanes of at least 4 members (excludes halogenated alkanes) is 43. The minimum Gasteiger partial charge on any atom is -0.462 e. The zero-order valence-corrected chi connectivity index (χ0v) is 52.9. The maximum Gasteiger partial charge on any atom is 0.306 e. The van der Waals surface area contributed by atoms with Gasteiger partial charge in [0.25, 0.3) is 0 Å². The van der Waals surface area contributed by atoms with E-state index < -0.39 is 6.10 Å². The fourth-order valence-corrected chi connectivity index (χ4v) is 10.2. The molecule has 0 bridgehead atoms. The van der Waals surface area contributed by atoms with Gasteiger partial charge in [0.15, 0.2) is 6.10 Å². The molecule has 0 aromatic rings. The lowest BCUT2D eigenvalue weighted by atomic mass is 10.0. The van der Waals surface area contributed by atoms with Gasteiger partial charge in [0.05, 0.1) is 0 Å². The van der Waals surface area contributed by atoms with Gasteiger partial charge in [-0.1, -0.05) is 319 Å².